The van der Waals surface area contributed by atoms with E-state index in [0.717, 1.165) is 35.8 Å². The summed E-state index contributed by atoms with van der Waals surface area (Å²) in [5.74, 6) is 3.98. The Kier molecular flexibility index (Phi) is 4.19. The summed E-state index contributed by atoms with van der Waals surface area (Å²) in [4.78, 5) is 2.80. The van der Waals surface area contributed by atoms with Gasteiger partial charge in [0.1, 0.15) is 0 Å². The van der Waals surface area contributed by atoms with Crippen molar-refractivity contribution in [1.29, 1.82) is 0 Å². The van der Waals surface area contributed by atoms with E-state index in [1.807, 2.05) is 0 Å². The van der Waals surface area contributed by atoms with Gasteiger partial charge in [-0.25, -0.2) is 0 Å². The van der Waals surface area contributed by atoms with Gasteiger partial charge in [0.05, 0.1) is 0 Å². The van der Waals surface area contributed by atoms with Crippen molar-refractivity contribution >= 4 is 0 Å². The molecule has 0 radical (unpaired) electrons. The van der Waals surface area contributed by atoms with Crippen LogP contribution in [0, 0.1) is 23.7 Å². The van der Waals surface area contributed by atoms with Crippen LogP contribution in [-0.2, 0) is 0 Å². The van der Waals surface area contributed by atoms with E-state index in [1.54, 1.807) is 6.42 Å². The first-order valence-corrected chi connectivity index (χ1v) is 8.61. The van der Waals surface area contributed by atoms with Crippen molar-refractivity contribution in [3.63, 3.8) is 0 Å². The molecule has 0 spiro atoms. The van der Waals surface area contributed by atoms with Crippen molar-refractivity contribution in [1.82, 2.24) is 10.2 Å². The second-order valence-electron chi connectivity index (χ2n) is 7.85. The summed E-state index contributed by atoms with van der Waals surface area (Å²) in [7, 11) is 0. The Labute approximate surface area is 119 Å². The molecule has 2 bridgehead atoms. The SMILES string of the molecule is CC(C)CC1CN(C(C)C2CC3CCC2C3)CCN1. The van der Waals surface area contributed by atoms with Gasteiger partial charge in [-0.15, -0.1) is 0 Å². The van der Waals surface area contributed by atoms with E-state index in [1.165, 1.54) is 45.3 Å². The quantitative estimate of drug-likeness (QED) is 0.839. The number of nitrogens with zero attached hydrogens (tertiary/aromatic N) is 1. The lowest BCUT2D eigenvalue weighted by Gasteiger charge is -2.42. The van der Waals surface area contributed by atoms with E-state index >= 15 is 0 Å². The zero-order valence-corrected chi connectivity index (χ0v) is 13.1. The Morgan fingerprint density at radius 1 is 1.16 bits per heavy atom. The Hall–Kier alpha value is -0.0800. The molecule has 2 aliphatic carbocycles. The van der Waals surface area contributed by atoms with Gasteiger partial charge >= 0.3 is 0 Å². The van der Waals surface area contributed by atoms with Crippen LogP contribution < -0.4 is 5.32 Å². The van der Waals surface area contributed by atoms with Crippen LogP contribution in [0.5, 0.6) is 0 Å². The maximum absolute atomic E-state index is 3.72. The highest BCUT2D eigenvalue weighted by Gasteiger charge is 2.43. The Morgan fingerprint density at radius 3 is 2.63 bits per heavy atom. The number of hydrogen-bond acceptors (Lipinski definition) is 2. The van der Waals surface area contributed by atoms with Crippen molar-refractivity contribution < 1.29 is 0 Å². The van der Waals surface area contributed by atoms with Crippen LogP contribution in [0.4, 0.5) is 0 Å². The molecule has 110 valence electrons. The van der Waals surface area contributed by atoms with Gasteiger partial charge in [0.15, 0.2) is 0 Å². The molecule has 0 aromatic rings. The minimum absolute atomic E-state index is 0.731. The van der Waals surface area contributed by atoms with Gasteiger partial charge in [0.2, 0.25) is 0 Å². The van der Waals surface area contributed by atoms with E-state index in [-0.39, 0.29) is 0 Å². The van der Waals surface area contributed by atoms with Crippen molar-refractivity contribution in [2.75, 3.05) is 19.6 Å². The molecule has 0 aromatic carbocycles. The van der Waals surface area contributed by atoms with Crippen LogP contribution in [0.15, 0.2) is 0 Å². The average molecular weight is 264 g/mol. The molecule has 0 amide bonds. The summed E-state index contributed by atoms with van der Waals surface area (Å²) >= 11 is 0. The van der Waals surface area contributed by atoms with E-state index in [4.69, 9.17) is 0 Å². The predicted molar refractivity (Wildman–Crippen MR) is 81.2 cm³/mol. The fourth-order valence-electron chi connectivity index (χ4n) is 5.10. The molecule has 0 aromatic heterocycles. The summed E-state index contributed by atoms with van der Waals surface area (Å²) < 4.78 is 0. The van der Waals surface area contributed by atoms with Gasteiger partial charge in [-0.3, -0.25) is 4.90 Å². The number of nitrogens with one attached hydrogen (secondary N) is 1. The maximum atomic E-state index is 3.72. The number of piperazine rings is 1. The number of rotatable bonds is 4. The van der Waals surface area contributed by atoms with Gasteiger partial charge < -0.3 is 5.32 Å². The van der Waals surface area contributed by atoms with Crippen LogP contribution in [0.3, 0.4) is 0 Å². The molecule has 2 heteroatoms. The fourth-order valence-corrected chi connectivity index (χ4v) is 5.10. The first-order chi connectivity index (χ1) is 9.13. The monoisotopic (exact) mass is 264 g/mol. The first kappa shape index (κ1) is 13.9. The van der Waals surface area contributed by atoms with Gasteiger partial charge in [0, 0.05) is 31.7 Å². The topological polar surface area (TPSA) is 15.3 Å². The summed E-state index contributed by atoms with van der Waals surface area (Å²) in [5.41, 5.74) is 0. The highest BCUT2D eigenvalue weighted by atomic mass is 15.2. The van der Waals surface area contributed by atoms with Crippen molar-refractivity contribution in [3.8, 4) is 0 Å². The van der Waals surface area contributed by atoms with Gasteiger partial charge in [-0.1, -0.05) is 20.3 Å². The normalized spacial score (nSPS) is 41.1. The molecule has 3 aliphatic rings. The first-order valence-electron chi connectivity index (χ1n) is 8.61. The lowest BCUT2D eigenvalue weighted by Crippen LogP contribution is -2.55. The number of hydrogen-bond donors (Lipinski definition) is 1. The third kappa shape index (κ3) is 3.00. The van der Waals surface area contributed by atoms with Crippen molar-refractivity contribution in [2.45, 2.75) is 65.0 Å². The maximum Gasteiger partial charge on any atom is 0.0198 e. The molecule has 1 saturated heterocycles. The van der Waals surface area contributed by atoms with Crippen LogP contribution >= 0.6 is 0 Å². The fraction of sp³-hybridized carbons (Fsp3) is 1.00. The Bertz CT molecular complexity index is 302. The van der Waals surface area contributed by atoms with Crippen LogP contribution in [0.25, 0.3) is 0 Å². The Morgan fingerprint density at radius 2 is 2.00 bits per heavy atom. The van der Waals surface area contributed by atoms with Crippen LogP contribution in [-0.4, -0.2) is 36.6 Å². The molecule has 2 saturated carbocycles. The standard InChI is InChI=1S/C17H32N2/c1-12(2)8-16-11-19(7-6-18-16)13(3)17-10-14-4-5-15(17)9-14/h12-18H,4-11H2,1-3H3. The molecule has 3 fully saturated rings. The average Bonchev–Trinajstić information content (AvgIpc) is 2.99. The molecule has 1 aliphatic heterocycles. The zero-order chi connectivity index (χ0) is 13.4. The molecule has 2 nitrogen and oxygen atoms in total. The molecule has 19 heavy (non-hydrogen) atoms. The third-order valence-corrected chi connectivity index (χ3v) is 6.03. The zero-order valence-electron chi connectivity index (χ0n) is 13.1. The molecule has 5 unspecified atom stereocenters. The molecular weight excluding hydrogens is 232 g/mol. The minimum atomic E-state index is 0.731. The second-order valence-corrected chi connectivity index (χ2v) is 7.85. The summed E-state index contributed by atoms with van der Waals surface area (Å²) in [5, 5.41) is 3.72. The third-order valence-electron chi connectivity index (χ3n) is 6.03. The smallest absolute Gasteiger partial charge is 0.0198 e. The molecule has 1 N–H and O–H groups in total. The highest BCUT2D eigenvalue weighted by molar-refractivity contribution is 4.96. The van der Waals surface area contributed by atoms with Gasteiger partial charge in [-0.05, 0) is 56.3 Å². The van der Waals surface area contributed by atoms with E-state index in [9.17, 15) is 0 Å². The van der Waals surface area contributed by atoms with Crippen molar-refractivity contribution in [3.05, 3.63) is 0 Å². The van der Waals surface area contributed by atoms with Crippen molar-refractivity contribution in [2.24, 2.45) is 23.7 Å². The summed E-state index contributed by atoms with van der Waals surface area (Å²) in [6.07, 6.45) is 7.48. The lowest BCUT2D eigenvalue weighted by atomic mass is 9.83. The summed E-state index contributed by atoms with van der Waals surface area (Å²) in [6, 6.07) is 1.56. The van der Waals surface area contributed by atoms with Gasteiger partial charge in [0.25, 0.3) is 0 Å². The second kappa shape index (κ2) is 5.73. The Balaban J connectivity index is 1.56. The lowest BCUT2D eigenvalue weighted by molar-refractivity contribution is 0.0847. The highest BCUT2D eigenvalue weighted by Crippen LogP contribution is 2.50. The van der Waals surface area contributed by atoms with Gasteiger partial charge in [-0.2, -0.15) is 0 Å². The minimum Gasteiger partial charge on any atom is -0.311 e. The summed E-state index contributed by atoms with van der Waals surface area (Å²) in [6.45, 7) is 11.0. The number of fused-ring (bicyclic) bond motifs is 2. The molecule has 3 rings (SSSR count). The molecular formula is C17H32N2. The van der Waals surface area contributed by atoms with E-state index in [0.29, 0.717) is 0 Å². The van der Waals surface area contributed by atoms with E-state index < -0.39 is 0 Å². The molecule has 5 atom stereocenters. The molecule has 1 heterocycles. The van der Waals surface area contributed by atoms with E-state index in [2.05, 4.69) is 31.0 Å². The van der Waals surface area contributed by atoms with Crippen LogP contribution in [0.1, 0.15) is 52.9 Å². The van der Waals surface area contributed by atoms with Crippen LogP contribution in [0.2, 0.25) is 0 Å². The predicted octanol–water partition coefficient (Wildman–Crippen LogP) is 3.13. The largest absolute Gasteiger partial charge is 0.311 e.